The van der Waals surface area contributed by atoms with Gasteiger partial charge in [0.05, 0.1) is 12.2 Å². The smallest absolute Gasteiger partial charge is 0.239 e. The first kappa shape index (κ1) is 22.3. The summed E-state index contributed by atoms with van der Waals surface area (Å²) in [6.07, 6.45) is 1.48. The third kappa shape index (κ3) is 7.09. The Bertz CT molecular complexity index is 1170. The number of benzene rings is 3. The van der Waals surface area contributed by atoms with E-state index in [1.165, 1.54) is 6.08 Å². The lowest BCUT2D eigenvalue weighted by molar-refractivity contribution is -0.115. The Morgan fingerprint density at radius 2 is 1.52 bits per heavy atom. The van der Waals surface area contributed by atoms with Crippen molar-refractivity contribution in [3.8, 4) is 11.5 Å². The van der Waals surface area contributed by atoms with E-state index in [0.717, 1.165) is 22.1 Å². The van der Waals surface area contributed by atoms with E-state index in [4.69, 9.17) is 4.74 Å². The minimum atomic E-state index is -3.76. The predicted molar refractivity (Wildman–Crippen MR) is 123 cm³/mol. The fraction of sp³-hybridized carbons (Fsp3) is 0.125. The summed E-state index contributed by atoms with van der Waals surface area (Å²) < 4.78 is 32.4. The Balaban J connectivity index is 1.59. The second-order valence-corrected chi connectivity index (χ2v) is 8.69. The normalized spacial score (nSPS) is 11.4. The van der Waals surface area contributed by atoms with Crippen LogP contribution in [0.5, 0.6) is 11.5 Å². The van der Waals surface area contributed by atoms with Crippen LogP contribution in [0.2, 0.25) is 0 Å². The maximum atomic E-state index is 12.3. The van der Waals surface area contributed by atoms with Gasteiger partial charge in [-0.1, -0.05) is 59.7 Å². The van der Waals surface area contributed by atoms with Crippen LogP contribution < -0.4 is 14.8 Å². The second kappa shape index (κ2) is 10.1. The van der Waals surface area contributed by atoms with Gasteiger partial charge in [0.2, 0.25) is 15.9 Å². The number of para-hydroxylation sites is 2. The van der Waals surface area contributed by atoms with Gasteiger partial charge in [0, 0.05) is 5.41 Å². The number of anilines is 1. The minimum absolute atomic E-state index is 0.403. The lowest BCUT2D eigenvalue weighted by atomic mass is 10.2. The van der Waals surface area contributed by atoms with Crippen LogP contribution in [0.25, 0.3) is 6.08 Å². The number of hydrogen-bond acceptors (Lipinski definition) is 4. The Morgan fingerprint density at radius 1 is 0.903 bits per heavy atom. The van der Waals surface area contributed by atoms with Gasteiger partial charge in [0.25, 0.3) is 0 Å². The Kier molecular flexibility index (Phi) is 7.23. The van der Waals surface area contributed by atoms with E-state index >= 15 is 0 Å². The summed E-state index contributed by atoms with van der Waals surface area (Å²) in [5.74, 6) is 0.586. The lowest BCUT2D eigenvalue weighted by Crippen LogP contribution is -2.31. The van der Waals surface area contributed by atoms with Crippen LogP contribution in [0.1, 0.15) is 16.7 Å². The van der Waals surface area contributed by atoms with Gasteiger partial charge >= 0.3 is 0 Å². The summed E-state index contributed by atoms with van der Waals surface area (Å²) in [4.78, 5) is 12.3. The molecule has 31 heavy (non-hydrogen) atoms. The molecule has 0 saturated heterocycles. The average Bonchev–Trinajstić information content (AvgIpc) is 2.75. The van der Waals surface area contributed by atoms with E-state index in [1.54, 1.807) is 24.3 Å². The average molecular weight is 437 g/mol. The molecule has 0 unspecified atom stereocenters. The van der Waals surface area contributed by atoms with Gasteiger partial charge in [-0.15, -0.1) is 0 Å². The molecule has 0 aliphatic carbocycles. The van der Waals surface area contributed by atoms with Crippen molar-refractivity contribution in [2.45, 2.75) is 13.8 Å². The van der Waals surface area contributed by atoms with Crippen LogP contribution in [0.3, 0.4) is 0 Å². The minimum Gasteiger partial charge on any atom is -0.455 e. The molecule has 0 aliphatic rings. The lowest BCUT2D eigenvalue weighted by Gasteiger charge is -2.12. The SMILES string of the molecule is Cc1ccc(C=CS(=O)(=O)NCC(=O)Nc2ccccc2Oc2ccc(C)cc2)cc1. The topological polar surface area (TPSA) is 84.5 Å². The van der Waals surface area contributed by atoms with Crippen LogP contribution in [0.15, 0.2) is 78.2 Å². The summed E-state index contributed by atoms with van der Waals surface area (Å²) in [6, 6.07) is 21.9. The van der Waals surface area contributed by atoms with E-state index in [9.17, 15) is 13.2 Å². The van der Waals surface area contributed by atoms with Gasteiger partial charge in [0.1, 0.15) is 5.75 Å². The van der Waals surface area contributed by atoms with Crippen molar-refractivity contribution >= 4 is 27.7 Å². The molecule has 0 bridgehead atoms. The van der Waals surface area contributed by atoms with Crippen LogP contribution in [0, 0.1) is 13.8 Å². The molecule has 0 saturated carbocycles. The van der Waals surface area contributed by atoms with E-state index in [1.807, 2.05) is 62.4 Å². The van der Waals surface area contributed by atoms with E-state index in [-0.39, 0.29) is 0 Å². The molecule has 0 aliphatic heterocycles. The largest absolute Gasteiger partial charge is 0.455 e. The molecular formula is C24H24N2O4S. The Hall–Kier alpha value is -3.42. The van der Waals surface area contributed by atoms with Crippen molar-refractivity contribution in [3.63, 3.8) is 0 Å². The zero-order valence-electron chi connectivity index (χ0n) is 17.3. The summed E-state index contributed by atoms with van der Waals surface area (Å²) >= 11 is 0. The number of ether oxygens (including phenoxy) is 1. The summed E-state index contributed by atoms with van der Waals surface area (Å²) in [7, 11) is -3.76. The predicted octanol–water partition coefficient (Wildman–Crippen LogP) is 4.62. The molecule has 7 heteroatoms. The second-order valence-electron chi connectivity index (χ2n) is 7.04. The number of rotatable bonds is 8. The first-order valence-corrected chi connectivity index (χ1v) is 11.2. The Morgan fingerprint density at radius 3 is 2.19 bits per heavy atom. The van der Waals surface area contributed by atoms with E-state index in [0.29, 0.717) is 17.2 Å². The number of aryl methyl sites for hydroxylation is 2. The quantitative estimate of drug-likeness (QED) is 0.539. The highest BCUT2D eigenvalue weighted by molar-refractivity contribution is 7.92. The molecule has 0 aromatic heterocycles. The summed E-state index contributed by atoms with van der Waals surface area (Å²) in [5, 5.41) is 3.72. The van der Waals surface area contributed by atoms with Crippen LogP contribution >= 0.6 is 0 Å². The van der Waals surface area contributed by atoms with E-state index in [2.05, 4.69) is 10.0 Å². The van der Waals surface area contributed by atoms with Crippen LogP contribution in [0.4, 0.5) is 5.69 Å². The molecule has 160 valence electrons. The summed E-state index contributed by atoms with van der Waals surface area (Å²) in [5.41, 5.74) is 3.39. The molecule has 0 radical (unpaired) electrons. The van der Waals surface area contributed by atoms with Crippen molar-refractivity contribution in [2.75, 3.05) is 11.9 Å². The molecule has 3 aromatic carbocycles. The standard InChI is InChI=1S/C24H24N2O4S/c1-18-7-11-20(12-8-18)15-16-31(28,29)25-17-24(27)26-22-5-3-4-6-23(22)30-21-13-9-19(2)10-14-21/h3-16,25H,17H2,1-2H3,(H,26,27). The monoisotopic (exact) mass is 436 g/mol. The highest BCUT2D eigenvalue weighted by Crippen LogP contribution is 2.29. The first-order chi connectivity index (χ1) is 14.8. The molecular weight excluding hydrogens is 412 g/mol. The van der Waals surface area contributed by atoms with Crippen molar-refractivity contribution in [2.24, 2.45) is 0 Å². The maximum Gasteiger partial charge on any atom is 0.239 e. The molecule has 2 N–H and O–H groups in total. The molecule has 0 spiro atoms. The molecule has 6 nitrogen and oxygen atoms in total. The molecule has 0 atom stereocenters. The molecule has 3 aromatic rings. The summed E-state index contributed by atoms with van der Waals surface area (Å²) in [6.45, 7) is 3.53. The van der Waals surface area contributed by atoms with Crippen molar-refractivity contribution in [1.29, 1.82) is 0 Å². The highest BCUT2D eigenvalue weighted by Gasteiger charge is 2.12. The van der Waals surface area contributed by atoms with Crippen molar-refractivity contribution in [3.05, 3.63) is 94.9 Å². The van der Waals surface area contributed by atoms with Crippen molar-refractivity contribution < 1.29 is 17.9 Å². The van der Waals surface area contributed by atoms with Gasteiger partial charge in [-0.25, -0.2) is 13.1 Å². The molecule has 1 amide bonds. The first-order valence-electron chi connectivity index (χ1n) is 9.68. The van der Waals surface area contributed by atoms with Gasteiger partial charge in [-0.3, -0.25) is 4.79 Å². The number of nitrogens with one attached hydrogen (secondary N) is 2. The van der Waals surface area contributed by atoms with Crippen LogP contribution in [-0.4, -0.2) is 20.9 Å². The maximum absolute atomic E-state index is 12.3. The molecule has 3 rings (SSSR count). The van der Waals surface area contributed by atoms with Gasteiger partial charge in [-0.2, -0.15) is 0 Å². The number of hydrogen-bond donors (Lipinski definition) is 2. The van der Waals surface area contributed by atoms with Gasteiger partial charge in [0.15, 0.2) is 5.75 Å². The van der Waals surface area contributed by atoms with Gasteiger partial charge in [-0.05, 0) is 49.8 Å². The van der Waals surface area contributed by atoms with E-state index < -0.39 is 22.5 Å². The van der Waals surface area contributed by atoms with Crippen LogP contribution in [-0.2, 0) is 14.8 Å². The van der Waals surface area contributed by atoms with Gasteiger partial charge < -0.3 is 10.1 Å². The highest BCUT2D eigenvalue weighted by atomic mass is 32.2. The number of carbonyl (C=O) groups excluding carboxylic acids is 1. The molecule has 0 heterocycles. The fourth-order valence-corrected chi connectivity index (χ4v) is 3.41. The Labute approximate surface area is 182 Å². The number of carbonyl (C=O) groups is 1. The number of sulfonamides is 1. The number of amides is 1. The molecule has 0 fully saturated rings. The zero-order chi connectivity index (χ0) is 22.3. The zero-order valence-corrected chi connectivity index (χ0v) is 18.1. The third-order valence-electron chi connectivity index (χ3n) is 4.36. The fourth-order valence-electron chi connectivity index (χ4n) is 2.65. The van der Waals surface area contributed by atoms with Crippen molar-refractivity contribution in [1.82, 2.24) is 4.72 Å². The third-order valence-corrected chi connectivity index (χ3v) is 5.40.